The van der Waals surface area contributed by atoms with Crippen LogP contribution in [0.5, 0.6) is 0 Å². The fourth-order valence-corrected chi connectivity index (χ4v) is 2.39. The molecule has 0 saturated heterocycles. The largest absolute Gasteiger partial charge is 0.337 e. The number of amides is 1. The summed E-state index contributed by atoms with van der Waals surface area (Å²) in [5.74, 6) is 0.0170. The molecule has 0 radical (unpaired) electrons. The molecule has 0 bridgehead atoms. The molecule has 0 unspecified atom stereocenters. The summed E-state index contributed by atoms with van der Waals surface area (Å²) >= 11 is 6.09. The van der Waals surface area contributed by atoms with Gasteiger partial charge in [-0.3, -0.25) is 4.79 Å². The second-order valence-corrected chi connectivity index (χ2v) is 5.55. The predicted octanol–water partition coefficient (Wildman–Crippen LogP) is 4.04. The van der Waals surface area contributed by atoms with Crippen LogP contribution in [-0.4, -0.2) is 15.5 Å². The van der Waals surface area contributed by atoms with Crippen molar-refractivity contribution >= 4 is 23.2 Å². The van der Waals surface area contributed by atoms with Gasteiger partial charge in [-0.2, -0.15) is 0 Å². The monoisotopic (exact) mass is 305 g/mol. The van der Waals surface area contributed by atoms with Gasteiger partial charge in [-0.05, 0) is 37.5 Å². The van der Waals surface area contributed by atoms with Crippen LogP contribution in [0, 0.1) is 6.92 Å². The molecule has 2 rings (SSSR count). The van der Waals surface area contributed by atoms with Gasteiger partial charge in [0.1, 0.15) is 0 Å². The molecule has 0 aliphatic rings. The van der Waals surface area contributed by atoms with E-state index in [9.17, 15) is 4.79 Å². The number of unbranched alkanes of at least 4 members (excludes halogenated alkanes) is 2. The van der Waals surface area contributed by atoms with Gasteiger partial charge in [0.25, 0.3) is 0 Å². The lowest BCUT2D eigenvalue weighted by atomic mass is 10.1. The second kappa shape index (κ2) is 7.84. The zero-order valence-corrected chi connectivity index (χ0v) is 12.9. The summed E-state index contributed by atoms with van der Waals surface area (Å²) in [7, 11) is 0. The zero-order valence-electron chi connectivity index (χ0n) is 12.2. The molecule has 112 valence electrons. The van der Waals surface area contributed by atoms with Crippen molar-refractivity contribution in [2.24, 2.45) is 0 Å². The van der Waals surface area contributed by atoms with Crippen molar-refractivity contribution in [2.45, 2.75) is 39.2 Å². The Morgan fingerprint density at radius 3 is 2.90 bits per heavy atom. The van der Waals surface area contributed by atoms with E-state index >= 15 is 0 Å². The number of aryl methyl sites for hydroxylation is 2. The standard InChI is InChI=1S/C16H20ClN3O/c1-13-6-7-15(14(17)11-13)19-16(21)5-3-2-4-9-20-10-8-18-12-20/h6-8,10-12H,2-5,9H2,1H3,(H,19,21). The van der Waals surface area contributed by atoms with E-state index in [2.05, 4.69) is 10.3 Å². The Labute approximate surface area is 130 Å². The molecule has 1 amide bonds. The second-order valence-electron chi connectivity index (χ2n) is 5.14. The Morgan fingerprint density at radius 2 is 2.19 bits per heavy atom. The topological polar surface area (TPSA) is 46.9 Å². The van der Waals surface area contributed by atoms with Crippen molar-refractivity contribution < 1.29 is 4.79 Å². The van der Waals surface area contributed by atoms with Gasteiger partial charge in [-0.1, -0.05) is 24.1 Å². The van der Waals surface area contributed by atoms with Crippen LogP contribution in [0.25, 0.3) is 0 Å². The molecule has 0 aliphatic heterocycles. The van der Waals surface area contributed by atoms with Crippen molar-refractivity contribution in [1.82, 2.24) is 9.55 Å². The lowest BCUT2D eigenvalue weighted by Crippen LogP contribution is -2.11. The Hall–Kier alpha value is -1.81. The van der Waals surface area contributed by atoms with Crippen molar-refractivity contribution in [1.29, 1.82) is 0 Å². The number of halogens is 1. The highest BCUT2D eigenvalue weighted by atomic mass is 35.5. The van der Waals surface area contributed by atoms with Crippen LogP contribution >= 0.6 is 11.6 Å². The lowest BCUT2D eigenvalue weighted by molar-refractivity contribution is -0.116. The first-order valence-electron chi connectivity index (χ1n) is 7.17. The van der Waals surface area contributed by atoms with Gasteiger partial charge in [-0.25, -0.2) is 4.98 Å². The molecule has 2 aromatic rings. The van der Waals surface area contributed by atoms with Crippen LogP contribution in [0.3, 0.4) is 0 Å². The number of benzene rings is 1. The van der Waals surface area contributed by atoms with Gasteiger partial charge in [0.15, 0.2) is 0 Å². The van der Waals surface area contributed by atoms with E-state index in [0.29, 0.717) is 17.1 Å². The van der Waals surface area contributed by atoms with Gasteiger partial charge in [0.05, 0.1) is 17.0 Å². The molecule has 1 aromatic heterocycles. The van der Waals surface area contributed by atoms with Crippen LogP contribution in [0.4, 0.5) is 5.69 Å². The van der Waals surface area contributed by atoms with E-state index in [1.165, 1.54) is 0 Å². The number of hydrogen-bond acceptors (Lipinski definition) is 2. The van der Waals surface area contributed by atoms with E-state index < -0.39 is 0 Å². The van der Waals surface area contributed by atoms with Crippen LogP contribution < -0.4 is 5.32 Å². The molecule has 1 heterocycles. The summed E-state index contributed by atoms with van der Waals surface area (Å²) < 4.78 is 2.05. The quantitative estimate of drug-likeness (QED) is 0.785. The Bertz CT molecular complexity index is 581. The van der Waals surface area contributed by atoms with E-state index in [-0.39, 0.29) is 5.91 Å². The Balaban J connectivity index is 1.65. The Morgan fingerprint density at radius 1 is 1.33 bits per heavy atom. The average Bonchev–Trinajstić information content (AvgIpc) is 2.95. The fourth-order valence-electron chi connectivity index (χ4n) is 2.11. The first-order chi connectivity index (χ1) is 10.1. The summed E-state index contributed by atoms with van der Waals surface area (Å²) in [5.41, 5.74) is 1.77. The number of hydrogen-bond donors (Lipinski definition) is 1. The minimum absolute atomic E-state index is 0.0170. The maximum absolute atomic E-state index is 11.9. The van der Waals surface area contributed by atoms with Crippen LogP contribution in [0.2, 0.25) is 5.02 Å². The number of rotatable bonds is 7. The SMILES string of the molecule is Cc1ccc(NC(=O)CCCCCn2ccnc2)c(Cl)c1. The smallest absolute Gasteiger partial charge is 0.224 e. The normalized spacial score (nSPS) is 10.6. The third-order valence-corrected chi connectivity index (χ3v) is 3.59. The highest BCUT2D eigenvalue weighted by Gasteiger charge is 2.05. The molecular weight excluding hydrogens is 286 g/mol. The summed E-state index contributed by atoms with van der Waals surface area (Å²) in [4.78, 5) is 15.9. The maximum Gasteiger partial charge on any atom is 0.224 e. The molecule has 1 aromatic carbocycles. The van der Waals surface area contributed by atoms with E-state index in [1.807, 2.05) is 42.2 Å². The molecular formula is C16H20ClN3O. The molecule has 0 spiro atoms. The van der Waals surface area contributed by atoms with Gasteiger partial charge in [0.2, 0.25) is 5.91 Å². The van der Waals surface area contributed by atoms with Gasteiger partial charge < -0.3 is 9.88 Å². The number of carbonyl (C=O) groups excluding carboxylic acids is 1. The average molecular weight is 306 g/mol. The minimum Gasteiger partial charge on any atom is -0.337 e. The summed E-state index contributed by atoms with van der Waals surface area (Å²) in [5, 5.41) is 3.44. The van der Waals surface area contributed by atoms with E-state index in [4.69, 9.17) is 11.6 Å². The first kappa shape index (κ1) is 15.6. The molecule has 4 nitrogen and oxygen atoms in total. The number of nitrogens with zero attached hydrogens (tertiary/aromatic N) is 2. The minimum atomic E-state index is 0.0170. The summed E-state index contributed by atoms with van der Waals surface area (Å²) in [6.07, 6.45) is 9.01. The van der Waals surface area contributed by atoms with E-state index in [1.54, 1.807) is 6.20 Å². The number of carbonyl (C=O) groups is 1. The zero-order chi connectivity index (χ0) is 15.1. The molecule has 0 saturated carbocycles. The van der Waals surface area contributed by atoms with Crippen LogP contribution in [0.15, 0.2) is 36.9 Å². The molecule has 0 fully saturated rings. The van der Waals surface area contributed by atoms with Crippen molar-refractivity contribution in [3.63, 3.8) is 0 Å². The predicted molar refractivity (Wildman–Crippen MR) is 85.5 cm³/mol. The Kier molecular flexibility index (Phi) is 5.81. The van der Waals surface area contributed by atoms with Gasteiger partial charge in [0, 0.05) is 25.4 Å². The van der Waals surface area contributed by atoms with Crippen molar-refractivity contribution in [3.8, 4) is 0 Å². The molecule has 5 heteroatoms. The van der Waals surface area contributed by atoms with Crippen LogP contribution in [0.1, 0.15) is 31.2 Å². The third-order valence-electron chi connectivity index (χ3n) is 3.28. The van der Waals surface area contributed by atoms with Crippen molar-refractivity contribution in [3.05, 3.63) is 47.5 Å². The summed E-state index contributed by atoms with van der Waals surface area (Å²) in [6, 6.07) is 5.63. The van der Waals surface area contributed by atoms with Gasteiger partial charge >= 0.3 is 0 Å². The lowest BCUT2D eigenvalue weighted by Gasteiger charge is -2.08. The number of anilines is 1. The molecule has 21 heavy (non-hydrogen) atoms. The number of imidazole rings is 1. The molecule has 0 atom stereocenters. The fraction of sp³-hybridized carbons (Fsp3) is 0.375. The highest BCUT2D eigenvalue weighted by Crippen LogP contribution is 2.22. The third kappa shape index (κ3) is 5.23. The van der Waals surface area contributed by atoms with Gasteiger partial charge in [-0.15, -0.1) is 0 Å². The molecule has 1 N–H and O–H groups in total. The van der Waals surface area contributed by atoms with E-state index in [0.717, 1.165) is 31.4 Å². The number of aromatic nitrogens is 2. The number of nitrogens with one attached hydrogen (secondary N) is 1. The molecule has 0 aliphatic carbocycles. The van der Waals surface area contributed by atoms with Crippen LogP contribution in [-0.2, 0) is 11.3 Å². The summed E-state index contributed by atoms with van der Waals surface area (Å²) in [6.45, 7) is 2.92. The van der Waals surface area contributed by atoms with Crippen molar-refractivity contribution in [2.75, 3.05) is 5.32 Å². The highest BCUT2D eigenvalue weighted by molar-refractivity contribution is 6.33. The maximum atomic E-state index is 11.9. The first-order valence-corrected chi connectivity index (χ1v) is 7.55.